The van der Waals surface area contributed by atoms with Gasteiger partial charge in [0, 0.05) is 67.9 Å². The Hall–Kier alpha value is -3.79. The zero-order valence-corrected chi connectivity index (χ0v) is 19.0. The molecule has 0 spiro atoms. The Labute approximate surface area is 200 Å². The zero-order valence-electron chi connectivity index (χ0n) is 19.0. The van der Waals surface area contributed by atoms with Crippen LogP contribution >= 0.6 is 0 Å². The molecule has 5 heterocycles. The van der Waals surface area contributed by atoms with Crippen molar-refractivity contribution in [2.75, 3.05) is 31.1 Å². The lowest BCUT2D eigenvalue weighted by Gasteiger charge is -2.37. The van der Waals surface area contributed by atoms with Crippen LogP contribution in [-0.2, 0) is 22.7 Å². The minimum Gasteiger partial charge on any atom is -0.463 e. The molecule has 1 atom stereocenters. The van der Waals surface area contributed by atoms with Crippen LogP contribution < -0.4 is 10.2 Å². The third-order valence-corrected chi connectivity index (χ3v) is 7.09. The Bertz CT molecular complexity index is 1350. The fraction of sp³-hybridized carbons (Fsp3) is 0.360. The molecular weight excluding hydrogens is 453 g/mol. The number of nitrogens with one attached hydrogen (secondary N) is 1. The molecule has 0 bridgehead atoms. The Balaban J connectivity index is 1.17. The predicted octanol–water partition coefficient (Wildman–Crippen LogP) is 2.05. The largest absolute Gasteiger partial charge is 0.463 e. The molecular formula is C25H24FN5O4. The van der Waals surface area contributed by atoms with Gasteiger partial charge in [0.05, 0.1) is 18.2 Å². The first-order chi connectivity index (χ1) is 17.0. The van der Waals surface area contributed by atoms with Crippen LogP contribution in [0.25, 0.3) is 11.0 Å². The van der Waals surface area contributed by atoms with Crippen molar-refractivity contribution >= 4 is 34.4 Å². The van der Waals surface area contributed by atoms with E-state index in [1.807, 2.05) is 12.1 Å². The van der Waals surface area contributed by atoms with Crippen LogP contribution in [-0.4, -0.2) is 64.7 Å². The molecule has 9 nitrogen and oxygen atoms in total. The van der Waals surface area contributed by atoms with Crippen molar-refractivity contribution in [1.29, 1.82) is 0 Å². The summed E-state index contributed by atoms with van der Waals surface area (Å²) in [5.74, 6) is -1.65. The zero-order chi connectivity index (χ0) is 24.1. The molecule has 10 heteroatoms. The quantitative estimate of drug-likeness (QED) is 0.575. The van der Waals surface area contributed by atoms with Crippen LogP contribution in [0.1, 0.15) is 34.5 Å². The summed E-state index contributed by atoms with van der Waals surface area (Å²) in [5, 5.41) is 3.33. The van der Waals surface area contributed by atoms with Crippen molar-refractivity contribution in [1.82, 2.24) is 20.1 Å². The number of aromatic nitrogens is 1. The molecule has 0 saturated carbocycles. The minimum atomic E-state index is -0.722. The number of rotatable bonds is 4. The molecule has 3 aromatic rings. The lowest BCUT2D eigenvalue weighted by molar-refractivity contribution is -0.136. The average Bonchev–Trinajstić information content (AvgIpc) is 3.44. The van der Waals surface area contributed by atoms with Crippen molar-refractivity contribution in [2.24, 2.45) is 0 Å². The Morgan fingerprint density at radius 2 is 1.94 bits per heavy atom. The summed E-state index contributed by atoms with van der Waals surface area (Å²) >= 11 is 0. The van der Waals surface area contributed by atoms with Gasteiger partial charge in [-0.05, 0) is 30.7 Å². The lowest BCUT2D eigenvalue weighted by Crippen LogP contribution is -2.52. The van der Waals surface area contributed by atoms with Crippen LogP contribution in [0.15, 0.2) is 41.1 Å². The normalized spacial score (nSPS) is 21.1. The molecule has 2 saturated heterocycles. The van der Waals surface area contributed by atoms with Crippen LogP contribution in [0, 0.1) is 5.82 Å². The first-order valence-corrected chi connectivity index (χ1v) is 11.7. The van der Waals surface area contributed by atoms with E-state index in [9.17, 15) is 18.8 Å². The highest BCUT2D eigenvalue weighted by atomic mass is 19.1. The molecule has 3 amide bonds. The Morgan fingerprint density at radius 1 is 1.11 bits per heavy atom. The lowest BCUT2D eigenvalue weighted by atomic mass is 10.0. The molecule has 2 aromatic heterocycles. The number of nitrogens with zero attached hydrogens (tertiary/aromatic N) is 4. The maximum Gasteiger partial charge on any atom is 0.255 e. The number of piperidine rings is 1. The molecule has 1 N–H and O–H groups in total. The van der Waals surface area contributed by atoms with Gasteiger partial charge in [-0.1, -0.05) is 0 Å². The number of hydrogen-bond donors (Lipinski definition) is 1. The van der Waals surface area contributed by atoms with Gasteiger partial charge in [0.1, 0.15) is 11.9 Å². The second-order valence-corrected chi connectivity index (χ2v) is 9.25. The van der Waals surface area contributed by atoms with E-state index in [0.29, 0.717) is 30.9 Å². The van der Waals surface area contributed by atoms with Gasteiger partial charge in [-0.3, -0.25) is 29.6 Å². The molecule has 1 aromatic carbocycles. The number of amides is 3. The third kappa shape index (κ3) is 3.93. The number of furan rings is 1. The molecule has 0 aliphatic carbocycles. The van der Waals surface area contributed by atoms with Gasteiger partial charge in [0.2, 0.25) is 11.8 Å². The fourth-order valence-corrected chi connectivity index (χ4v) is 5.27. The summed E-state index contributed by atoms with van der Waals surface area (Å²) in [5.41, 5.74) is 3.45. The fourth-order valence-electron chi connectivity index (χ4n) is 5.27. The van der Waals surface area contributed by atoms with Crippen molar-refractivity contribution in [3.8, 4) is 0 Å². The van der Waals surface area contributed by atoms with E-state index in [4.69, 9.17) is 4.42 Å². The predicted molar refractivity (Wildman–Crippen MR) is 124 cm³/mol. The summed E-state index contributed by atoms with van der Waals surface area (Å²) in [7, 11) is 0. The number of halogens is 1. The van der Waals surface area contributed by atoms with Crippen LogP contribution in [0.3, 0.4) is 0 Å². The number of carbonyl (C=O) groups excluding carboxylic acids is 3. The Morgan fingerprint density at radius 3 is 2.74 bits per heavy atom. The number of fused-ring (bicyclic) bond motifs is 2. The van der Waals surface area contributed by atoms with E-state index >= 15 is 0 Å². The number of carbonyl (C=O) groups is 3. The summed E-state index contributed by atoms with van der Waals surface area (Å²) < 4.78 is 19.9. The van der Waals surface area contributed by atoms with Gasteiger partial charge in [0.25, 0.3) is 5.91 Å². The van der Waals surface area contributed by atoms with Crippen molar-refractivity contribution in [3.63, 3.8) is 0 Å². The first-order valence-electron chi connectivity index (χ1n) is 11.7. The maximum atomic E-state index is 14.6. The minimum absolute atomic E-state index is 0.183. The highest BCUT2D eigenvalue weighted by Gasteiger charge is 2.41. The van der Waals surface area contributed by atoms with Gasteiger partial charge < -0.3 is 14.2 Å². The second kappa shape index (κ2) is 8.46. The van der Waals surface area contributed by atoms with E-state index in [-0.39, 0.29) is 31.2 Å². The number of anilines is 1. The summed E-state index contributed by atoms with van der Waals surface area (Å²) in [6, 6.07) is 5.95. The van der Waals surface area contributed by atoms with Crippen molar-refractivity contribution in [2.45, 2.75) is 32.0 Å². The van der Waals surface area contributed by atoms with Gasteiger partial charge in [-0.2, -0.15) is 0 Å². The van der Waals surface area contributed by atoms with E-state index in [0.717, 1.165) is 35.3 Å². The number of piperazine rings is 1. The molecule has 2 fully saturated rings. The monoisotopic (exact) mass is 477 g/mol. The van der Waals surface area contributed by atoms with Crippen LogP contribution in [0.5, 0.6) is 0 Å². The summed E-state index contributed by atoms with van der Waals surface area (Å²) in [6.07, 6.45) is 3.85. The smallest absolute Gasteiger partial charge is 0.255 e. The van der Waals surface area contributed by atoms with Gasteiger partial charge >= 0.3 is 0 Å². The maximum absolute atomic E-state index is 14.6. The second-order valence-electron chi connectivity index (χ2n) is 9.25. The van der Waals surface area contributed by atoms with Gasteiger partial charge in [0.15, 0.2) is 5.58 Å². The average molecular weight is 477 g/mol. The molecule has 0 radical (unpaired) electrons. The van der Waals surface area contributed by atoms with Crippen LogP contribution in [0.4, 0.5) is 10.1 Å². The first kappa shape index (κ1) is 21.7. The van der Waals surface area contributed by atoms with Crippen molar-refractivity contribution in [3.05, 3.63) is 59.4 Å². The van der Waals surface area contributed by atoms with Gasteiger partial charge in [-0.15, -0.1) is 0 Å². The van der Waals surface area contributed by atoms with Crippen LogP contribution in [0.2, 0.25) is 0 Å². The van der Waals surface area contributed by atoms with E-state index < -0.39 is 17.8 Å². The third-order valence-electron chi connectivity index (χ3n) is 7.09. The molecule has 3 aliphatic rings. The number of imide groups is 1. The number of pyridine rings is 1. The topological polar surface area (TPSA) is 99.0 Å². The van der Waals surface area contributed by atoms with Crippen molar-refractivity contribution < 1.29 is 23.2 Å². The SMILES string of the molecule is O=C1CCC(N2Cc3c(cc(F)cc3N3CCN(Cc4cc5ccoc5cn4)CC3)C2=O)C(=O)N1. The van der Waals surface area contributed by atoms with E-state index in [1.54, 1.807) is 12.5 Å². The van der Waals surface area contributed by atoms with E-state index in [2.05, 4.69) is 20.1 Å². The molecule has 35 heavy (non-hydrogen) atoms. The molecule has 1 unspecified atom stereocenters. The van der Waals surface area contributed by atoms with Gasteiger partial charge in [-0.25, -0.2) is 4.39 Å². The highest BCUT2D eigenvalue weighted by molar-refractivity contribution is 6.06. The van der Waals surface area contributed by atoms with E-state index in [1.165, 1.54) is 17.0 Å². The summed E-state index contributed by atoms with van der Waals surface area (Å²) in [4.78, 5) is 47.3. The standard InChI is InChI=1S/C25H24FN5O4/c26-16-10-18-19(14-31(25(18)34)20-1-2-23(32)28-24(20)33)21(11-16)30-6-4-29(5-7-30)13-17-9-15-3-8-35-22(15)12-27-17/h3,8-12,20H,1-2,4-7,13-14H2,(H,28,32,33). The Kier molecular flexibility index (Phi) is 5.25. The molecule has 3 aliphatic heterocycles. The number of hydrogen-bond acceptors (Lipinski definition) is 7. The molecule has 180 valence electrons. The molecule has 6 rings (SSSR count). The number of benzene rings is 1. The summed E-state index contributed by atoms with van der Waals surface area (Å²) in [6.45, 7) is 3.82. The highest BCUT2D eigenvalue weighted by Crippen LogP contribution is 2.35.